The first-order valence-electron chi connectivity index (χ1n) is 17.6. The van der Waals surface area contributed by atoms with Crippen LogP contribution in [0.25, 0.3) is 77.0 Å². The van der Waals surface area contributed by atoms with Crippen LogP contribution in [0, 0.1) is 0 Å². The molecule has 0 aliphatic rings. The first-order chi connectivity index (χ1) is 25.7. The number of benzene rings is 8. The maximum Gasteiger partial charge on any atom is 0.137 e. The molecule has 10 aromatic rings. The normalized spacial score (nSPS) is 11.5. The Hall–Kier alpha value is -6.97. The number of anilines is 3. The Balaban J connectivity index is 1.13. The minimum Gasteiger partial charge on any atom is -0.456 e. The highest BCUT2D eigenvalue weighted by molar-refractivity contribution is 6.10. The molecule has 0 bridgehead atoms. The molecule has 0 aliphatic carbocycles. The number of hydrogen-bond acceptors (Lipinski definition) is 3. The van der Waals surface area contributed by atoms with Crippen LogP contribution in [-0.4, -0.2) is 4.98 Å². The Labute approximate surface area is 301 Å². The molecule has 52 heavy (non-hydrogen) atoms. The van der Waals surface area contributed by atoms with Crippen molar-refractivity contribution in [3.63, 3.8) is 0 Å². The number of para-hydroxylation sites is 1. The van der Waals surface area contributed by atoms with E-state index in [1.807, 2.05) is 18.3 Å². The molecule has 3 heteroatoms. The summed E-state index contributed by atoms with van der Waals surface area (Å²) >= 11 is 0. The molecule has 0 N–H and O–H groups in total. The van der Waals surface area contributed by atoms with Gasteiger partial charge in [-0.15, -0.1) is 0 Å². The highest BCUT2D eigenvalue weighted by atomic mass is 16.3. The second-order valence-electron chi connectivity index (χ2n) is 13.2. The first-order valence-corrected chi connectivity index (χ1v) is 17.6. The Kier molecular flexibility index (Phi) is 7.14. The number of furan rings is 1. The number of nitrogens with zero attached hydrogens (tertiary/aromatic N) is 2. The number of aromatic nitrogens is 1. The summed E-state index contributed by atoms with van der Waals surface area (Å²) in [7, 11) is 0. The smallest absolute Gasteiger partial charge is 0.137 e. The molecule has 8 aromatic carbocycles. The van der Waals surface area contributed by atoms with Crippen molar-refractivity contribution in [3.8, 4) is 33.4 Å². The summed E-state index contributed by atoms with van der Waals surface area (Å²) in [5.41, 5.74) is 12.8. The lowest BCUT2D eigenvalue weighted by Gasteiger charge is -2.26. The fourth-order valence-electron chi connectivity index (χ4n) is 7.51. The van der Waals surface area contributed by atoms with Gasteiger partial charge in [0.1, 0.15) is 11.2 Å². The van der Waals surface area contributed by atoms with Gasteiger partial charge in [0.15, 0.2) is 0 Å². The molecule has 244 valence electrons. The van der Waals surface area contributed by atoms with Gasteiger partial charge < -0.3 is 9.32 Å². The van der Waals surface area contributed by atoms with Crippen LogP contribution in [0.3, 0.4) is 0 Å². The molecule has 0 spiro atoms. The third-order valence-electron chi connectivity index (χ3n) is 10.1. The zero-order valence-electron chi connectivity index (χ0n) is 28.3. The average Bonchev–Trinajstić information content (AvgIpc) is 3.58. The van der Waals surface area contributed by atoms with Crippen LogP contribution in [0.4, 0.5) is 17.1 Å². The molecule has 0 saturated carbocycles. The van der Waals surface area contributed by atoms with Gasteiger partial charge in [0.2, 0.25) is 0 Å². The molecule has 0 unspecified atom stereocenters. The second-order valence-corrected chi connectivity index (χ2v) is 13.2. The topological polar surface area (TPSA) is 29.3 Å². The van der Waals surface area contributed by atoms with Gasteiger partial charge in [-0.05, 0) is 86.6 Å². The third kappa shape index (κ3) is 5.28. The summed E-state index contributed by atoms with van der Waals surface area (Å²) in [6.07, 6.45) is 1.97. The van der Waals surface area contributed by atoms with E-state index in [1.54, 1.807) is 0 Å². The zero-order chi connectivity index (χ0) is 34.4. The Morgan fingerprint density at radius 2 is 0.981 bits per heavy atom. The van der Waals surface area contributed by atoms with Crippen molar-refractivity contribution in [2.45, 2.75) is 0 Å². The van der Waals surface area contributed by atoms with Crippen molar-refractivity contribution in [1.82, 2.24) is 4.98 Å². The van der Waals surface area contributed by atoms with E-state index in [0.717, 1.165) is 66.6 Å². The van der Waals surface area contributed by atoms with E-state index in [9.17, 15) is 0 Å². The van der Waals surface area contributed by atoms with E-state index in [1.165, 1.54) is 27.5 Å². The maximum absolute atomic E-state index is 6.20. The van der Waals surface area contributed by atoms with Crippen molar-refractivity contribution in [1.29, 1.82) is 0 Å². The van der Waals surface area contributed by atoms with Crippen LogP contribution in [0.5, 0.6) is 0 Å². The van der Waals surface area contributed by atoms with Crippen LogP contribution >= 0.6 is 0 Å². The lowest BCUT2D eigenvalue weighted by molar-refractivity contribution is 0.669. The predicted molar refractivity (Wildman–Crippen MR) is 218 cm³/mol. The SMILES string of the molecule is c1ccc(-c2ccc(-c3cccc(N(c4cccc(-c5cccc6ccccc56)c4)c4cnc5cc6oc7ccccc7c6cc5c4)c3)cc2)cc1. The van der Waals surface area contributed by atoms with E-state index in [-0.39, 0.29) is 0 Å². The molecule has 2 heterocycles. The lowest BCUT2D eigenvalue weighted by Crippen LogP contribution is -2.10. The monoisotopic (exact) mass is 664 g/mol. The molecular weight excluding hydrogens is 633 g/mol. The van der Waals surface area contributed by atoms with Gasteiger partial charge in [0.05, 0.1) is 17.4 Å². The predicted octanol–water partition coefficient (Wildman–Crippen LogP) is 13.8. The van der Waals surface area contributed by atoms with Gasteiger partial charge >= 0.3 is 0 Å². The number of hydrogen-bond donors (Lipinski definition) is 0. The van der Waals surface area contributed by atoms with Crippen molar-refractivity contribution >= 4 is 60.7 Å². The standard InChI is InChI=1S/C49H32N2O/c1-2-11-33(12-3-1)34-23-25-35(26-24-34)37-15-8-17-40(27-37)51(41-18-9-16-38(28-41)44-21-10-14-36-13-4-5-19-43(36)44)42-29-39-30-46-45-20-6-7-22-48(45)52-49(46)31-47(39)50-32-42/h1-32H. The third-order valence-corrected chi connectivity index (χ3v) is 10.1. The molecule has 0 radical (unpaired) electrons. The molecule has 10 rings (SSSR count). The molecule has 0 fully saturated rings. The molecule has 3 nitrogen and oxygen atoms in total. The number of fused-ring (bicyclic) bond motifs is 5. The summed E-state index contributed by atoms with van der Waals surface area (Å²) in [5.74, 6) is 0. The highest BCUT2D eigenvalue weighted by Gasteiger charge is 2.17. The second kappa shape index (κ2) is 12.4. The summed E-state index contributed by atoms with van der Waals surface area (Å²) in [6.45, 7) is 0. The van der Waals surface area contributed by atoms with E-state index >= 15 is 0 Å². The van der Waals surface area contributed by atoms with Gasteiger partial charge in [-0.1, -0.05) is 140 Å². The molecule has 2 aromatic heterocycles. The van der Waals surface area contributed by atoms with Crippen LogP contribution in [0.15, 0.2) is 199 Å². The minimum absolute atomic E-state index is 0.847. The maximum atomic E-state index is 6.20. The summed E-state index contributed by atoms with van der Waals surface area (Å²) in [6, 6.07) is 66.8. The van der Waals surface area contributed by atoms with Crippen molar-refractivity contribution < 1.29 is 4.42 Å². The van der Waals surface area contributed by atoms with Crippen LogP contribution < -0.4 is 4.90 Å². The molecule has 0 atom stereocenters. The summed E-state index contributed by atoms with van der Waals surface area (Å²) in [4.78, 5) is 7.33. The van der Waals surface area contributed by atoms with Crippen LogP contribution in [0.2, 0.25) is 0 Å². The first kappa shape index (κ1) is 29.9. The van der Waals surface area contributed by atoms with Gasteiger partial charge in [-0.25, -0.2) is 0 Å². The van der Waals surface area contributed by atoms with E-state index in [4.69, 9.17) is 9.40 Å². The quantitative estimate of drug-likeness (QED) is 0.177. The fraction of sp³-hybridized carbons (Fsp3) is 0. The van der Waals surface area contributed by atoms with Gasteiger partial charge in [-0.2, -0.15) is 0 Å². The summed E-state index contributed by atoms with van der Waals surface area (Å²) < 4.78 is 6.20. The molecule has 0 aliphatic heterocycles. The number of rotatable bonds is 6. The Morgan fingerprint density at radius 3 is 1.81 bits per heavy atom. The zero-order valence-corrected chi connectivity index (χ0v) is 28.3. The van der Waals surface area contributed by atoms with Gasteiger partial charge in [0, 0.05) is 33.6 Å². The van der Waals surface area contributed by atoms with Gasteiger partial charge in [-0.3, -0.25) is 4.98 Å². The van der Waals surface area contributed by atoms with E-state index in [2.05, 4.69) is 181 Å². The van der Waals surface area contributed by atoms with Crippen molar-refractivity contribution in [2.24, 2.45) is 0 Å². The Bertz CT molecular complexity index is 2900. The lowest BCUT2D eigenvalue weighted by atomic mass is 9.97. The average molecular weight is 665 g/mol. The van der Waals surface area contributed by atoms with Gasteiger partial charge in [0.25, 0.3) is 0 Å². The molecule has 0 amide bonds. The van der Waals surface area contributed by atoms with Crippen LogP contribution in [-0.2, 0) is 0 Å². The fourth-order valence-corrected chi connectivity index (χ4v) is 7.51. The molecule has 0 saturated heterocycles. The van der Waals surface area contributed by atoms with E-state index in [0.29, 0.717) is 0 Å². The largest absolute Gasteiger partial charge is 0.456 e. The van der Waals surface area contributed by atoms with Crippen molar-refractivity contribution in [2.75, 3.05) is 4.90 Å². The van der Waals surface area contributed by atoms with Crippen molar-refractivity contribution in [3.05, 3.63) is 194 Å². The number of pyridine rings is 1. The molecular formula is C49H32N2O. The van der Waals surface area contributed by atoms with E-state index < -0.39 is 0 Å². The van der Waals surface area contributed by atoms with Crippen LogP contribution in [0.1, 0.15) is 0 Å². The minimum atomic E-state index is 0.847. The summed E-state index contributed by atoms with van der Waals surface area (Å²) in [5, 5.41) is 5.71. The highest BCUT2D eigenvalue weighted by Crippen LogP contribution is 2.41. The Morgan fingerprint density at radius 1 is 0.365 bits per heavy atom.